The van der Waals surface area contributed by atoms with Gasteiger partial charge in [0.2, 0.25) is 0 Å². The van der Waals surface area contributed by atoms with E-state index < -0.39 is 0 Å². The maximum atomic E-state index is 3.93. The lowest BCUT2D eigenvalue weighted by atomic mass is 9.81. The Morgan fingerprint density at radius 1 is 0.784 bits per heavy atom. The van der Waals surface area contributed by atoms with Crippen molar-refractivity contribution in [3.63, 3.8) is 0 Å². The molecule has 1 heterocycles. The summed E-state index contributed by atoms with van der Waals surface area (Å²) in [6.45, 7) is 18.0. The molecule has 1 nitrogen and oxygen atoms in total. The van der Waals surface area contributed by atoms with Crippen molar-refractivity contribution < 1.29 is 0 Å². The maximum Gasteiger partial charge on any atom is 0.0588 e. The lowest BCUT2D eigenvalue weighted by molar-refractivity contribution is 0.663. The molecule has 5 aromatic carbocycles. The van der Waals surface area contributed by atoms with Crippen LogP contribution in [0.3, 0.4) is 0 Å². The van der Waals surface area contributed by atoms with Crippen molar-refractivity contribution in [2.24, 2.45) is 0 Å². The van der Waals surface area contributed by atoms with Gasteiger partial charge in [0.15, 0.2) is 0 Å². The third-order valence-electron chi connectivity index (χ3n) is 12.0. The Kier molecular flexibility index (Phi) is 8.34. The topological polar surface area (TPSA) is 4.93 Å². The number of rotatable bonds is 8. The zero-order valence-corrected chi connectivity index (χ0v) is 31.1. The third-order valence-corrected chi connectivity index (χ3v) is 12.0. The van der Waals surface area contributed by atoms with E-state index in [2.05, 4.69) is 162 Å². The van der Waals surface area contributed by atoms with Crippen molar-refractivity contribution in [1.82, 2.24) is 4.57 Å². The van der Waals surface area contributed by atoms with E-state index in [1.165, 1.54) is 108 Å². The highest BCUT2D eigenvalue weighted by Gasteiger charge is 2.39. The molecule has 6 aromatic rings. The summed E-state index contributed by atoms with van der Waals surface area (Å²) in [5, 5.41) is 2.66. The molecule has 0 amide bonds. The molecule has 51 heavy (non-hydrogen) atoms. The Morgan fingerprint density at radius 3 is 2.14 bits per heavy atom. The van der Waals surface area contributed by atoms with Crippen LogP contribution < -0.4 is 0 Å². The summed E-state index contributed by atoms with van der Waals surface area (Å²) < 4.78 is 2.65. The quantitative estimate of drug-likeness (QED) is 0.143. The van der Waals surface area contributed by atoms with Crippen LogP contribution in [0.2, 0.25) is 0 Å². The van der Waals surface area contributed by atoms with Gasteiger partial charge in [0.05, 0.1) is 11.0 Å². The van der Waals surface area contributed by atoms with Gasteiger partial charge < -0.3 is 4.57 Å². The molecular formula is C50H49N. The Hall–Kier alpha value is -5.14. The van der Waals surface area contributed by atoms with Crippen LogP contribution in [0.4, 0.5) is 0 Å². The molecule has 1 heteroatoms. The number of benzene rings is 5. The molecule has 0 saturated heterocycles. The standard InChI is InChI=1S/C50H49N/c1-8-10-17-33(4)34(5)39-28-30-42-43-31-29-41-40-22-14-15-23-44(40)50(6,7)47(41)49(43)51(48(42)45(39)32(3)9-2)38-26-24-37(25-27-38)46(36-20-16-21-36)35-18-12-11-13-19-35/h8,10-15,17-19,22-32H,1,9,16,20-21H2,2-7H3/b17-10-,34-33+. The first kappa shape index (κ1) is 33.0. The first-order valence-corrected chi connectivity index (χ1v) is 18.9. The average molecular weight is 664 g/mol. The Labute approximate surface area is 304 Å². The second kappa shape index (κ2) is 12.9. The zero-order chi connectivity index (χ0) is 35.4. The molecule has 1 saturated carbocycles. The fourth-order valence-corrected chi connectivity index (χ4v) is 8.87. The summed E-state index contributed by atoms with van der Waals surface area (Å²) in [7, 11) is 0. The highest BCUT2D eigenvalue weighted by atomic mass is 15.0. The molecule has 254 valence electrons. The van der Waals surface area contributed by atoms with E-state index in [1.807, 2.05) is 12.2 Å². The van der Waals surface area contributed by atoms with Gasteiger partial charge in [0, 0.05) is 21.9 Å². The van der Waals surface area contributed by atoms with Crippen LogP contribution in [0.1, 0.15) is 107 Å². The molecule has 0 bridgehead atoms. The van der Waals surface area contributed by atoms with Gasteiger partial charge >= 0.3 is 0 Å². The van der Waals surface area contributed by atoms with Gasteiger partial charge in [0.1, 0.15) is 0 Å². The van der Waals surface area contributed by atoms with Crippen molar-refractivity contribution in [1.29, 1.82) is 0 Å². The molecule has 0 radical (unpaired) electrons. The van der Waals surface area contributed by atoms with Crippen LogP contribution in [0.5, 0.6) is 0 Å². The molecule has 1 unspecified atom stereocenters. The van der Waals surface area contributed by atoms with Gasteiger partial charge in [0.25, 0.3) is 0 Å². The SMILES string of the molecule is C=C/C=C\C(C)=C(/C)c1ccc2c3ccc4c(c3n(-c3ccc(C(=C5CCC5)c5ccccc5)cc3)c2c1C(C)CC)C(C)(C)c1ccccc1-4. The Morgan fingerprint density at radius 2 is 1.45 bits per heavy atom. The van der Waals surface area contributed by atoms with Crippen molar-refractivity contribution in [3.8, 4) is 16.8 Å². The molecule has 0 aliphatic heterocycles. The second-order valence-electron chi connectivity index (χ2n) is 15.3. The van der Waals surface area contributed by atoms with Crippen LogP contribution >= 0.6 is 0 Å². The van der Waals surface area contributed by atoms with Crippen LogP contribution in [-0.2, 0) is 5.41 Å². The van der Waals surface area contributed by atoms with E-state index in [0.29, 0.717) is 5.92 Å². The highest BCUT2D eigenvalue weighted by molar-refractivity contribution is 6.15. The van der Waals surface area contributed by atoms with E-state index in [-0.39, 0.29) is 5.41 Å². The van der Waals surface area contributed by atoms with Crippen molar-refractivity contribution >= 4 is 33.0 Å². The molecule has 2 aliphatic rings. The first-order valence-electron chi connectivity index (χ1n) is 18.9. The number of allylic oxidation sites excluding steroid dienone is 6. The molecular weight excluding hydrogens is 615 g/mol. The predicted molar refractivity (Wildman–Crippen MR) is 221 cm³/mol. The summed E-state index contributed by atoms with van der Waals surface area (Å²) in [5.41, 5.74) is 20.3. The van der Waals surface area contributed by atoms with Crippen molar-refractivity contribution in [3.05, 3.63) is 172 Å². The van der Waals surface area contributed by atoms with Crippen LogP contribution in [0, 0.1) is 0 Å². The highest BCUT2D eigenvalue weighted by Crippen LogP contribution is 2.54. The smallest absolute Gasteiger partial charge is 0.0588 e. The molecule has 8 rings (SSSR count). The Bertz CT molecular complexity index is 2420. The van der Waals surface area contributed by atoms with Gasteiger partial charge in [-0.25, -0.2) is 0 Å². The van der Waals surface area contributed by atoms with Gasteiger partial charge in [-0.15, -0.1) is 0 Å². The zero-order valence-electron chi connectivity index (χ0n) is 31.1. The molecule has 0 N–H and O–H groups in total. The van der Waals surface area contributed by atoms with E-state index in [1.54, 1.807) is 5.57 Å². The van der Waals surface area contributed by atoms with Crippen LogP contribution in [0.15, 0.2) is 139 Å². The lowest BCUT2D eigenvalue weighted by Gasteiger charge is -2.25. The van der Waals surface area contributed by atoms with Crippen molar-refractivity contribution in [2.75, 3.05) is 0 Å². The maximum absolute atomic E-state index is 3.93. The Balaban J connectivity index is 1.47. The summed E-state index contributed by atoms with van der Waals surface area (Å²) >= 11 is 0. The van der Waals surface area contributed by atoms with Crippen molar-refractivity contribution in [2.45, 2.75) is 78.6 Å². The number of hydrogen-bond donors (Lipinski definition) is 0. The minimum atomic E-state index is -0.145. The number of aromatic nitrogens is 1. The molecule has 1 fully saturated rings. The predicted octanol–water partition coefficient (Wildman–Crippen LogP) is 14.1. The number of nitrogens with zero attached hydrogens (tertiary/aromatic N) is 1. The molecule has 2 aliphatic carbocycles. The summed E-state index contributed by atoms with van der Waals surface area (Å²) in [5.74, 6) is 0.364. The summed E-state index contributed by atoms with van der Waals surface area (Å²) in [4.78, 5) is 0. The largest absolute Gasteiger partial charge is 0.309 e. The van der Waals surface area contributed by atoms with E-state index in [0.717, 1.165) is 6.42 Å². The molecule has 0 spiro atoms. The number of fused-ring (bicyclic) bond motifs is 7. The van der Waals surface area contributed by atoms with E-state index in [9.17, 15) is 0 Å². The third kappa shape index (κ3) is 5.20. The minimum absolute atomic E-state index is 0.145. The van der Waals surface area contributed by atoms with Gasteiger partial charge in [-0.3, -0.25) is 0 Å². The normalized spacial score (nSPS) is 15.8. The lowest BCUT2D eigenvalue weighted by Crippen LogP contribution is -2.16. The van der Waals surface area contributed by atoms with Gasteiger partial charge in [-0.05, 0) is 119 Å². The van der Waals surface area contributed by atoms with Gasteiger partial charge in [-0.1, -0.05) is 149 Å². The second-order valence-corrected chi connectivity index (χ2v) is 15.3. The first-order chi connectivity index (χ1) is 24.8. The van der Waals surface area contributed by atoms with E-state index in [4.69, 9.17) is 0 Å². The fourth-order valence-electron chi connectivity index (χ4n) is 8.87. The monoisotopic (exact) mass is 663 g/mol. The fraction of sp³-hybridized carbons (Fsp3) is 0.240. The minimum Gasteiger partial charge on any atom is -0.309 e. The molecule has 1 atom stereocenters. The average Bonchev–Trinajstić information content (AvgIpc) is 3.60. The summed E-state index contributed by atoms with van der Waals surface area (Å²) in [6.07, 6.45) is 10.8. The molecule has 1 aromatic heterocycles. The summed E-state index contributed by atoms with van der Waals surface area (Å²) in [6, 6.07) is 39.1. The van der Waals surface area contributed by atoms with Gasteiger partial charge in [-0.2, -0.15) is 0 Å². The van der Waals surface area contributed by atoms with Crippen LogP contribution in [0.25, 0.3) is 49.8 Å². The van der Waals surface area contributed by atoms with E-state index >= 15 is 0 Å². The number of hydrogen-bond acceptors (Lipinski definition) is 0. The van der Waals surface area contributed by atoms with Crippen LogP contribution in [-0.4, -0.2) is 4.57 Å².